The second-order valence-corrected chi connectivity index (χ2v) is 2.66. The summed E-state index contributed by atoms with van der Waals surface area (Å²) >= 11 is 0. The van der Waals surface area contributed by atoms with Crippen LogP contribution >= 0.6 is 0 Å². The van der Waals surface area contributed by atoms with Gasteiger partial charge in [0.1, 0.15) is 6.10 Å². The fourth-order valence-corrected chi connectivity index (χ4v) is 0.828. The van der Waals surface area contributed by atoms with Crippen molar-refractivity contribution in [2.45, 2.75) is 32.0 Å². The van der Waals surface area contributed by atoms with Crippen LogP contribution in [0, 0.1) is 0 Å². The van der Waals surface area contributed by atoms with E-state index in [2.05, 4.69) is 9.47 Å². The summed E-state index contributed by atoms with van der Waals surface area (Å²) < 4.78 is 47.3. The summed E-state index contributed by atoms with van der Waals surface area (Å²) in [4.78, 5) is 10.5. The van der Waals surface area contributed by atoms with Gasteiger partial charge in [-0.15, -0.1) is 0 Å². The minimum absolute atomic E-state index is 0.0185. The van der Waals surface area contributed by atoms with E-state index < -0.39 is 24.2 Å². The molecule has 0 radical (unpaired) electrons. The number of alkyl halides is 3. The quantitative estimate of drug-likeness (QED) is 0.651. The Hall–Kier alpha value is -0.780. The highest BCUT2D eigenvalue weighted by molar-refractivity contribution is 5.75. The van der Waals surface area contributed by atoms with E-state index in [1.807, 2.05) is 0 Å². The smallest absolute Gasteiger partial charge is 0.347 e. The van der Waals surface area contributed by atoms with Crippen LogP contribution in [0.4, 0.5) is 13.2 Å². The molecule has 0 aromatic rings. The second kappa shape index (κ2) is 5.19. The summed E-state index contributed by atoms with van der Waals surface area (Å²) in [5.41, 5.74) is 0. The third kappa shape index (κ3) is 2.87. The molecule has 0 heterocycles. The van der Waals surface area contributed by atoms with Gasteiger partial charge >= 0.3 is 11.9 Å². The monoisotopic (exact) mass is 214 g/mol. The van der Waals surface area contributed by atoms with Gasteiger partial charge in [0, 0.05) is 6.61 Å². The summed E-state index contributed by atoms with van der Waals surface area (Å²) in [5.74, 6) is -5.47. The Bertz CT molecular complexity index is 196. The molecule has 0 aliphatic heterocycles. The standard InChI is InChI=1S/C8H13F3O3/c1-4-14-5(2)8(10,11)6(9)7(12)13-3/h5-6H,4H2,1-3H3. The van der Waals surface area contributed by atoms with Gasteiger partial charge in [-0.1, -0.05) is 0 Å². The van der Waals surface area contributed by atoms with Crippen LogP contribution in [-0.4, -0.2) is 37.9 Å². The Morgan fingerprint density at radius 3 is 2.36 bits per heavy atom. The van der Waals surface area contributed by atoms with Crippen LogP contribution in [0.15, 0.2) is 0 Å². The Morgan fingerprint density at radius 1 is 1.50 bits per heavy atom. The maximum atomic E-state index is 13.0. The van der Waals surface area contributed by atoms with Crippen molar-refractivity contribution < 1.29 is 27.4 Å². The molecule has 84 valence electrons. The van der Waals surface area contributed by atoms with Gasteiger partial charge in [0.2, 0.25) is 0 Å². The van der Waals surface area contributed by atoms with Gasteiger partial charge in [-0.2, -0.15) is 8.78 Å². The molecule has 0 bridgehead atoms. The third-order valence-electron chi connectivity index (χ3n) is 1.70. The number of esters is 1. The number of halogens is 3. The summed E-state index contributed by atoms with van der Waals surface area (Å²) in [6, 6.07) is 0. The SMILES string of the molecule is CCOC(C)C(F)(F)C(F)C(=O)OC. The zero-order valence-electron chi connectivity index (χ0n) is 8.22. The van der Waals surface area contributed by atoms with Gasteiger partial charge in [-0.05, 0) is 13.8 Å². The van der Waals surface area contributed by atoms with E-state index in [1.54, 1.807) is 0 Å². The number of carbonyl (C=O) groups is 1. The zero-order chi connectivity index (χ0) is 11.4. The number of ether oxygens (including phenoxy) is 2. The van der Waals surface area contributed by atoms with E-state index in [4.69, 9.17) is 0 Å². The second-order valence-electron chi connectivity index (χ2n) is 2.66. The fourth-order valence-electron chi connectivity index (χ4n) is 0.828. The molecule has 0 saturated heterocycles. The minimum Gasteiger partial charge on any atom is -0.467 e. The van der Waals surface area contributed by atoms with Gasteiger partial charge in [0.25, 0.3) is 6.17 Å². The van der Waals surface area contributed by atoms with Crippen molar-refractivity contribution in [1.29, 1.82) is 0 Å². The highest BCUT2D eigenvalue weighted by Crippen LogP contribution is 2.28. The van der Waals surface area contributed by atoms with Crippen molar-refractivity contribution in [3.8, 4) is 0 Å². The van der Waals surface area contributed by atoms with Crippen molar-refractivity contribution in [2.75, 3.05) is 13.7 Å². The minimum atomic E-state index is -3.87. The van der Waals surface area contributed by atoms with Crippen molar-refractivity contribution >= 4 is 5.97 Å². The average molecular weight is 214 g/mol. The molecule has 6 heteroatoms. The van der Waals surface area contributed by atoms with Crippen LogP contribution in [0.5, 0.6) is 0 Å². The van der Waals surface area contributed by atoms with Gasteiger partial charge in [-0.25, -0.2) is 9.18 Å². The molecule has 0 amide bonds. The van der Waals surface area contributed by atoms with Crippen LogP contribution in [0.2, 0.25) is 0 Å². The Balaban J connectivity index is 4.50. The first-order chi connectivity index (χ1) is 6.37. The molecule has 3 nitrogen and oxygen atoms in total. The van der Waals surface area contributed by atoms with Crippen LogP contribution < -0.4 is 0 Å². The normalized spacial score (nSPS) is 16.1. The maximum absolute atomic E-state index is 13.0. The molecule has 14 heavy (non-hydrogen) atoms. The van der Waals surface area contributed by atoms with Crippen LogP contribution in [0.1, 0.15) is 13.8 Å². The molecule has 0 aliphatic carbocycles. The molecule has 0 aliphatic rings. The van der Waals surface area contributed by atoms with Crippen LogP contribution in [-0.2, 0) is 14.3 Å². The predicted molar refractivity (Wildman–Crippen MR) is 42.9 cm³/mol. The van der Waals surface area contributed by atoms with E-state index in [0.717, 1.165) is 14.0 Å². The number of hydrogen-bond donors (Lipinski definition) is 0. The summed E-state index contributed by atoms with van der Waals surface area (Å²) in [7, 11) is 0.844. The summed E-state index contributed by atoms with van der Waals surface area (Å²) in [6.07, 6.45) is -4.66. The van der Waals surface area contributed by atoms with E-state index in [-0.39, 0.29) is 6.61 Å². The van der Waals surface area contributed by atoms with Gasteiger partial charge in [0.15, 0.2) is 0 Å². The Morgan fingerprint density at radius 2 is 2.00 bits per heavy atom. The van der Waals surface area contributed by atoms with Crippen LogP contribution in [0.25, 0.3) is 0 Å². The summed E-state index contributed by atoms with van der Waals surface area (Å²) in [6.45, 7) is 2.52. The van der Waals surface area contributed by atoms with E-state index >= 15 is 0 Å². The van der Waals surface area contributed by atoms with Crippen molar-refractivity contribution in [1.82, 2.24) is 0 Å². The molecule has 2 unspecified atom stereocenters. The zero-order valence-corrected chi connectivity index (χ0v) is 8.22. The Labute approximate surface area is 80.2 Å². The van der Waals surface area contributed by atoms with Crippen molar-refractivity contribution in [3.63, 3.8) is 0 Å². The van der Waals surface area contributed by atoms with Gasteiger partial charge in [-0.3, -0.25) is 0 Å². The molecule has 0 N–H and O–H groups in total. The molecule has 2 atom stereocenters. The average Bonchev–Trinajstić information content (AvgIpc) is 2.15. The van der Waals surface area contributed by atoms with E-state index in [1.165, 1.54) is 6.92 Å². The molecule has 0 spiro atoms. The lowest BCUT2D eigenvalue weighted by Crippen LogP contribution is -2.46. The van der Waals surface area contributed by atoms with Gasteiger partial charge < -0.3 is 9.47 Å². The molecule has 0 rings (SSSR count). The number of methoxy groups -OCH3 is 1. The predicted octanol–water partition coefficient (Wildman–Crippen LogP) is 1.56. The van der Waals surface area contributed by atoms with Crippen LogP contribution in [0.3, 0.4) is 0 Å². The number of hydrogen-bond acceptors (Lipinski definition) is 3. The van der Waals surface area contributed by atoms with E-state index in [9.17, 15) is 18.0 Å². The highest BCUT2D eigenvalue weighted by Gasteiger charge is 2.51. The molecule has 0 aromatic heterocycles. The lowest BCUT2D eigenvalue weighted by atomic mass is 10.1. The lowest BCUT2D eigenvalue weighted by molar-refractivity contribution is -0.189. The molecule has 0 saturated carbocycles. The first kappa shape index (κ1) is 13.2. The molecule has 0 aromatic carbocycles. The lowest BCUT2D eigenvalue weighted by Gasteiger charge is -2.24. The first-order valence-corrected chi connectivity index (χ1v) is 4.09. The topological polar surface area (TPSA) is 35.5 Å². The Kier molecular flexibility index (Phi) is 4.90. The molecular formula is C8H13F3O3. The number of rotatable bonds is 5. The largest absolute Gasteiger partial charge is 0.467 e. The third-order valence-corrected chi connectivity index (χ3v) is 1.70. The van der Waals surface area contributed by atoms with Gasteiger partial charge in [0.05, 0.1) is 7.11 Å². The van der Waals surface area contributed by atoms with Crippen molar-refractivity contribution in [2.24, 2.45) is 0 Å². The fraction of sp³-hybridized carbons (Fsp3) is 0.875. The summed E-state index contributed by atoms with van der Waals surface area (Å²) in [5, 5.41) is 0. The highest BCUT2D eigenvalue weighted by atomic mass is 19.3. The van der Waals surface area contributed by atoms with Crippen molar-refractivity contribution in [3.05, 3.63) is 0 Å². The number of carbonyl (C=O) groups excluding carboxylic acids is 1. The van der Waals surface area contributed by atoms with E-state index in [0.29, 0.717) is 0 Å². The molecular weight excluding hydrogens is 201 g/mol. The first-order valence-electron chi connectivity index (χ1n) is 4.09. The molecule has 0 fully saturated rings. The maximum Gasteiger partial charge on any atom is 0.347 e.